The van der Waals surface area contributed by atoms with Crippen molar-refractivity contribution >= 4 is 28.3 Å². The first-order valence-electron chi connectivity index (χ1n) is 6.73. The highest BCUT2D eigenvalue weighted by Crippen LogP contribution is 2.27. The summed E-state index contributed by atoms with van der Waals surface area (Å²) in [6.45, 7) is 2.54. The van der Waals surface area contributed by atoms with E-state index in [-0.39, 0.29) is 18.5 Å². The van der Waals surface area contributed by atoms with Gasteiger partial charge in [-0.1, -0.05) is 30.3 Å². The van der Waals surface area contributed by atoms with Gasteiger partial charge in [0.1, 0.15) is 11.5 Å². The number of carbonyl (C=O) groups is 2. The first-order valence-corrected chi connectivity index (χ1v) is 7.55. The zero-order valence-corrected chi connectivity index (χ0v) is 12.5. The predicted octanol–water partition coefficient (Wildman–Crippen LogP) is 2.46. The minimum atomic E-state index is -0.250. The van der Waals surface area contributed by atoms with Crippen LogP contribution in [0.15, 0.2) is 36.5 Å². The van der Waals surface area contributed by atoms with E-state index in [1.807, 2.05) is 37.3 Å². The van der Waals surface area contributed by atoms with E-state index < -0.39 is 0 Å². The van der Waals surface area contributed by atoms with Gasteiger partial charge in [-0.3, -0.25) is 4.79 Å². The Balaban J connectivity index is 1.69. The van der Waals surface area contributed by atoms with Crippen LogP contribution in [-0.4, -0.2) is 34.9 Å². The molecule has 0 unspecified atom stereocenters. The highest BCUT2D eigenvalue weighted by Gasteiger charge is 2.37. The number of carbonyl (C=O) groups excluding carboxylic acids is 2. The molecule has 1 aromatic heterocycles. The molecule has 2 heterocycles. The molecular formula is C15H15N3O2S. The van der Waals surface area contributed by atoms with Crippen LogP contribution in [0.2, 0.25) is 0 Å². The number of aromatic nitrogens is 1. The Morgan fingerprint density at radius 2 is 2.00 bits per heavy atom. The van der Waals surface area contributed by atoms with Gasteiger partial charge < -0.3 is 4.90 Å². The number of nitrogens with zero attached hydrogens (tertiary/aromatic N) is 3. The number of hydrogen-bond acceptors (Lipinski definition) is 4. The number of urea groups is 1. The van der Waals surface area contributed by atoms with Gasteiger partial charge in [0.2, 0.25) is 0 Å². The topological polar surface area (TPSA) is 53.5 Å². The van der Waals surface area contributed by atoms with Gasteiger partial charge in [0.05, 0.1) is 11.2 Å². The maximum Gasteiger partial charge on any atom is 0.332 e. The number of aryl methyl sites for hydroxylation is 1. The summed E-state index contributed by atoms with van der Waals surface area (Å²) >= 11 is 1.36. The van der Waals surface area contributed by atoms with Crippen LogP contribution in [0.3, 0.4) is 0 Å². The molecule has 6 heteroatoms. The van der Waals surface area contributed by atoms with Crippen LogP contribution < -0.4 is 4.90 Å². The van der Waals surface area contributed by atoms with Crippen molar-refractivity contribution < 1.29 is 9.59 Å². The number of imide groups is 1. The van der Waals surface area contributed by atoms with Crippen LogP contribution in [0.5, 0.6) is 0 Å². The number of anilines is 1. The standard InChI is InChI=1S/C15H15N3O2S/c1-11-16-9-14(21-11)18-13(19)10-17(15(18)20)8-7-12-5-3-2-4-6-12/h2-6,9H,7-8,10H2,1H3. The summed E-state index contributed by atoms with van der Waals surface area (Å²) in [7, 11) is 0. The van der Waals surface area contributed by atoms with Gasteiger partial charge in [-0.15, -0.1) is 11.3 Å². The van der Waals surface area contributed by atoms with Crippen LogP contribution in [0.25, 0.3) is 0 Å². The Kier molecular flexibility index (Phi) is 3.70. The van der Waals surface area contributed by atoms with E-state index in [1.54, 1.807) is 11.1 Å². The molecule has 0 aliphatic carbocycles. The Labute approximate surface area is 126 Å². The maximum atomic E-state index is 12.4. The average Bonchev–Trinajstić information content (AvgIpc) is 3.01. The first-order chi connectivity index (χ1) is 10.1. The number of benzene rings is 1. The van der Waals surface area contributed by atoms with Gasteiger partial charge in [-0.05, 0) is 18.9 Å². The molecule has 21 heavy (non-hydrogen) atoms. The van der Waals surface area contributed by atoms with Crippen molar-refractivity contribution in [1.29, 1.82) is 0 Å². The highest BCUT2D eigenvalue weighted by molar-refractivity contribution is 7.16. The number of thiazole rings is 1. The lowest BCUT2D eigenvalue weighted by atomic mass is 10.1. The molecule has 3 rings (SSSR count). The maximum absolute atomic E-state index is 12.4. The van der Waals surface area contributed by atoms with E-state index in [0.29, 0.717) is 11.5 Å². The Hall–Kier alpha value is -2.21. The summed E-state index contributed by atoms with van der Waals surface area (Å²) in [5.74, 6) is -0.184. The molecule has 2 aromatic rings. The molecule has 0 radical (unpaired) electrons. The van der Waals surface area contributed by atoms with Crippen LogP contribution >= 0.6 is 11.3 Å². The van der Waals surface area contributed by atoms with Crippen molar-refractivity contribution in [2.75, 3.05) is 18.0 Å². The predicted molar refractivity (Wildman–Crippen MR) is 81.5 cm³/mol. The fourth-order valence-electron chi connectivity index (χ4n) is 2.30. The normalized spacial score (nSPS) is 15.1. The van der Waals surface area contributed by atoms with E-state index in [0.717, 1.165) is 17.0 Å². The molecular weight excluding hydrogens is 286 g/mol. The molecule has 3 amide bonds. The summed E-state index contributed by atoms with van der Waals surface area (Å²) in [5, 5.41) is 1.44. The second-order valence-corrected chi connectivity index (χ2v) is 6.10. The second-order valence-electron chi connectivity index (χ2n) is 4.89. The molecule has 0 spiro atoms. The van der Waals surface area contributed by atoms with E-state index in [1.165, 1.54) is 16.2 Å². The molecule has 1 aliphatic heterocycles. The van der Waals surface area contributed by atoms with Crippen molar-refractivity contribution in [3.63, 3.8) is 0 Å². The van der Waals surface area contributed by atoms with Crippen molar-refractivity contribution in [2.45, 2.75) is 13.3 Å². The molecule has 1 fully saturated rings. The molecule has 1 aromatic carbocycles. The van der Waals surface area contributed by atoms with Crippen LogP contribution in [-0.2, 0) is 11.2 Å². The summed E-state index contributed by atoms with van der Waals surface area (Å²) in [6.07, 6.45) is 2.33. The van der Waals surface area contributed by atoms with Gasteiger partial charge in [0.15, 0.2) is 0 Å². The fraction of sp³-hybridized carbons (Fsp3) is 0.267. The Morgan fingerprint density at radius 3 is 2.67 bits per heavy atom. The summed E-state index contributed by atoms with van der Waals surface area (Å²) in [6, 6.07) is 9.69. The highest BCUT2D eigenvalue weighted by atomic mass is 32.1. The number of amides is 3. The van der Waals surface area contributed by atoms with Crippen LogP contribution in [0.4, 0.5) is 9.80 Å². The van der Waals surface area contributed by atoms with Gasteiger partial charge in [-0.25, -0.2) is 14.7 Å². The van der Waals surface area contributed by atoms with E-state index in [9.17, 15) is 9.59 Å². The molecule has 0 N–H and O–H groups in total. The monoisotopic (exact) mass is 301 g/mol. The SMILES string of the molecule is Cc1ncc(N2C(=O)CN(CCc3ccccc3)C2=O)s1. The lowest BCUT2D eigenvalue weighted by molar-refractivity contribution is -0.116. The molecule has 0 bridgehead atoms. The van der Waals surface area contributed by atoms with Gasteiger partial charge >= 0.3 is 6.03 Å². The van der Waals surface area contributed by atoms with Crippen molar-refractivity contribution in [1.82, 2.24) is 9.88 Å². The van der Waals surface area contributed by atoms with Crippen molar-refractivity contribution in [2.24, 2.45) is 0 Å². The molecule has 0 saturated carbocycles. The molecule has 1 saturated heterocycles. The smallest absolute Gasteiger partial charge is 0.314 e. The van der Waals surface area contributed by atoms with Crippen molar-refractivity contribution in [3.8, 4) is 0 Å². The number of hydrogen-bond donors (Lipinski definition) is 0. The molecule has 5 nitrogen and oxygen atoms in total. The summed E-state index contributed by atoms with van der Waals surface area (Å²) in [4.78, 5) is 31.3. The summed E-state index contributed by atoms with van der Waals surface area (Å²) in [5.41, 5.74) is 1.16. The molecule has 0 atom stereocenters. The lowest BCUT2D eigenvalue weighted by Gasteiger charge is -2.15. The largest absolute Gasteiger partial charge is 0.332 e. The van der Waals surface area contributed by atoms with E-state index in [2.05, 4.69) is 4.98 Å². The second kappa shape index (κ2) is 5.65. The zero-order chi connectivity index (χ0) is 14.8. The van der Waals surface area contributed by atoms with Gasteiger partial charge in [-0.2, -0.15) is 0 Å². The minimum Gasteiger partial charge on any atom is -0.314 e. The third-order valence-electron chi connectivity index (χ3n) is 3.38. The quantitative estimate of drug-likeness (QED) is 0.815. The van der Waals surface area contributed by atoms with Gasteiger partial charge in [0.25, 0.3) is 5.91 Å². The summed E-state index contributed by atoms with van der Waals surface area (Å²) < 4.78 is 0. The van der Waals surface area contributed by atoms with E-state index >= 15 is 0 Å². The molecule has 1 aliphatic rings. The van der Waals surface area contributed by atoms with Crippen LogP contribution in [0, 0.1) is 6.92 Å². The zero-order valence-electron chi connectivity index (χ0n) is 11.7. The number of rotatable bonds is 4. The Morgan fingerprint density at radius 1 is 1.24 bits per heavy atom. The van der Waals surface area contributed by atoms with Crippen molar-refractivity contribution in [3.05, 3.63) is 47.1 Å². The van der Waals surface area contributed by atoms with Gasteiger partial charge in [0, 0.05) is 6.54 Å². The minimum absolute atomic E-state index is 0.141. The fourth-order valence-corrected chi connectivity index (χ4v) is 3.09. The third-order valence-corrected chi connectivity index (χ3v) is 4.28. The van der Waals surface area contributed by atoms with Crippen LogP contribution in [0.1, 0.15) is 10.6 Å². The Bertz CT molecular complexity index is 669. The lowest BCUT2D eigenvalue weighted by Crippen LogP contribution is -2.33. The van der Waals surface area contributed by atoms with E-state index in [4.69, 9.17) is 0 Å². The average molecular weight is 301 g/mol. The third kappa shape index (κ3) is 2.80. The first kappa shape index (κ1) is 13.8. The molecule has 108 valence electrons.